The Hall–Kier alpha value is -0.620. The van der Waals surface area contributed by atoms with Crippen LogP contribution in [-0.2, 0) is 18.7 Å². The van der Waals surface area contributed by atoms with Crippen LogP contribution < -0.4 is 0 Å². The third-order valence-corrected chi connectivity index (χ3v) is 1.25. The van der Waals surface area contributed by atoms with E-state index in [0.717, 1.165) is 0 Å². The van der Waals surface area contributed by atoms with Crippen LogP contribution in [0.2, 0.25) is 0 Å². The minimum Gasteiger partial charge on any atom is -0.262 e. The molecule has 0 aromatic rings. The minimum atomic E-state index is 0.580. The topological polar surface area (TPSA) is 80.6 Å². The zero-order valence-corrected chi connectivity index (χ0v) is 8.42. The summed E-state index contributed by atoms with van der Waals surface area (Å²) in [5, 5.41) is 26.8. The van der Waals surface area contributed by atoms with Crippen molar-refractivity contribution in [2.24, 2.45) is 0 Å². The van der Waals surface area contributed by atoms with E-state index in [-0.39, 0.29) is 0 Å². The second-order valence-electron chi connectivity index (χ2n) is 1.44. The van der Waals surface area contributed by atoms with Gasteiger partial charge in [0.15, 0.2) is 0 Å². The van der Waals surface area contributed by atoms with Gasteiger partial charge in [0.05, 0.1) is 0 Å². The largest absolute Gasteiger partial charge is 0.262 e. The number of hydrogen-bond donors (Lipinski definition) is 2. The first-order valence-electron chi connectivity index (χ1n) is 2.83. The van der Waals surface area contributed by atoms with Crippen LogP contribution in [0.25, 0.3) is 0 Å². The number of nitrogens with zero attached hydrogens (tertiary/aromatic N) is 1. The lowest BCUT2D eigenvalue weighted by Gasteiger charge is -1.95. The van der Waals surface area contributed by atoms with Gasteiger partial charge in [0.1, 0.15) is 24.1 Å². The molecular weight excluding hydrogens is 234 g/mol. The second kappa shape index (κ2) is 10.5. The summed E-state index contributed by atoms with van der Waals surface area (Å²) < 4.78 is 7.94. The molecule has 7 nitrogen and oxygen atoms in total. The van der Waals surface area contributed by atoms with E-state index in [2.05, 4.69) is 41.3 Å². The predicted molar refractivity (Wildman–Crippen MR) is 48.1 cm³/mol. The molecular formula is C5H5NO6S2. The first-order valence-corrected chi connectivity index (χ1v) is 4.32. The van der Waals surface area contributed by atoms with Crippen LogP contribution in [0, 0.1) is 22.6 Å². The summed E-state index contributed by atoms with van der Waals surface area (Å²) in [4.78, 5) is 1.29. The van der Waals surface area contributed by atoms with Gasteiger partial charge >= 0.3 is 0 Å². The Labute approximate surface area is 88.4 Å². The maximum atomic E-state index is 7.72. The van der Waals surface area contributed by atoms with Crippen LogP contribution in [0.1, 0.15) is 0 Å². The highest BCUT2D eigenvalue weighted by Gasteiger charge is 1.84. The summed E-state index contributed by atoms with van der Waals surface area (Å²) in [5.74, 6) is 0. The average Bonchev–Trinajstić information content (AvgIpc) is 2.19. The Bertz CT molecular complexity index is 226. The van der Waals surface area contributed by atoms with Gasteiger partial charge in [-0.25, -0.2) is 10.5 Å². The van der Waals surface area contributed by atoms with E-state index < -0.39 is 0 Å². The fourth-order valence-corrected chi connectivity index (χ4v) is 0.744. The molecule has 0 rings (SSSR count). The van der Waals surface area contributed by atoms with E-state index in [0.29, 0.717) is 24.1 Å². The van der Waals surface area contributed by atoms with Gasteiger partial charge in [-0.2, -0.15) is 0 Å². The molecule has 0 saturated carbocycles. The Balaban J connectivity index is 3.63. The highest BCUT2D eigenvalue weighted by Crippen LogP contribution is 1.99. The zero-order valence-electron chi connectivity index (χ0n) is 6.79. The first-order chi connectivity index (χ1) is 6.81. The molecule has 9 heteroatoms. The fraction of sp³-hybridized carbons (Fsp3) is 0.200. The van der Waals surface area contributed by atoms with E-state index in [1.54, 1.807) is 7.05 Å². The molecule has 0 aliphatic heterocycles. The molecule has 0 fully saturated rings. The predicted octanol–water partition coefficient (Wildman–Crippen LogP) is 0.894. The summed E-state index contributed by atoms with van der Waals surface area (Å²) in [5.41, 5.74) is 0. The van der Waals surface area contributed by atoms with E-state index in [4.69, 9.17) is 10.5 Å². The van der Waals surface area contributed by atoms with Crippen LogP contribution in [-0.4, -0.2) is 22.5 Å². The van der Waals surface area contributed by atoms with Gasteiger partial charge in [-0.05, 0) is 0 Å². The van der Waals surface area contributed by atoms with Crippen LogP contribution >= 0.6 is 24.1 Å². The van der Waals surface area contributed by atoms with Gasteiger partial charge in [-0.3, -0.25) is 4.90 Å². The van der Waals surface area contributed by atoms with Crippen molar-refractivity contribution in [2.45, 2.75) is 0 Å². The SMILES string of the molecule is CN(C#CSOOO)C#CSOOO. The smallest absolute Gasteiger partial charge is 0.126 e. The molecule has 2 N–H and O–H groups in total. The molecule has 0 heterocycles. The molecule has 14 heavy (non-hydrogen) atoms. The molecule has 0 atom stereocenters. The maximum absolute atomic E-state index is 7.72. The van der Waals surface area contributed by atoms with Crippen molar-refractivity contribution in [1.29, 1.82) is 0 Å². The molecule has 0 aliphatic rings. The summed E-state index contributed by atoms with van der Waals surface area (Å²) in [6.45, 7) is 0. The van der Waals surface area contributed by atoms with Crippen LogP contribution in [0.4, 0.5) is 0 Å². The van der Waals surface area contributed by atoms with Crippen LogP contribution in [0.5, 0.6) is 0 Å². The highest BCUT2D eigenvalue weighted by molar-refractivity contribution is 7.99. The van der Waals surface area contributed by atoms with Gasteiger partial charge in [0.25, 0.3) is 0 Å². The molecule has 0 saturated heterocycles. The number of hydrogen-bond acceptors (Lipinski definition) is 9. The first kappa shape index (κ1) is 13.4. The third-order valence-electron chi connectivity index (χ3n) is 0.639. The lowest BCUT2D eigenvalue weighted by molar-refractivity contribution is -0.431. The monoisotopic (exact) mass is 239 g/mol. The van der Waals surface area contributed by atoms with Crippen molar-refractivity contribution in [3.63, 3.8) is 0 Å². The standard InChI is InChI=1S/C5H5NO6S2/c1-6(2-4-13-11-9-7)3-5-14-12-10-8/h7-8H,1H3. The molecule has 0 aromatic heterocycles. The molecule has 0 spiro atoms. The van der Waals surface area contributed by atoms with Crippen molar-refractivity contribution in [3.05, 3.63) is 0 Å². The summed E-state index contributed by atoms with van der Waals surface area (Å²) in [7, 11) is 1.57. The normalized spacial score (nSPS) is 8.21. The van der Waals surface area contributed by atoms with E-state index in [1.165, 1.54) is 4.90 Å². The Kier molecular flexibility index (Phi) is 10.00. The molecule has 0 bridgehead atoms. The van der Waals surface area contributed by atoms with Gasteiger partial charge < -0.3 is 0 Å². The Morgan fingerprint density at radius 2 is 1.43 bits per heavy atom. The van der Waals surface area contributed by atoms with E-state index >= 15 is 0 Å². The second-order valence-corrected chi connectivity index (χ2v) is 2.45. The lowest BCUT2D eigenvalue weighted by atomic mass is 10.8. The van der Waals surface area contributed by atoms with Gasteiger partial charge in [-0.1, -0.05) is 10.1 Å². The van der Waals surface area contributed by atoms with E-state index in [1.807, 2.05) is 0 Å². The average molecular weight is 239 g/mol. The van der Waals surface area contributed by atoms with Crippen LogP contribution in [0.15, 0.2) is 0 Å². The van der Waals surface area contributed by atoms with Gasteiger partial charge in [0.2, 0.25) is 0 Å². The lowest BCUT2D eigenvalue weighted by Crippen LogP contribution is -2.00. The summed E-state index contributed by atoms with van der Waals surface area (Å²) >= 11 is 1.16. The van der Waals surface area contributed by atoms with Gasteiger partial charge in [-0.15, -0.1) is 8.67 Å². The molecule has 0 aliphatic carbocycles. The fourth-order valence-electron chi connectivity index (χ4n) is 0.267. The molecule has 0 radical (unpaired) electrons. The summed E-state index contributed by atoms with van der Waals surface area (Å²) in [6.07, 6.45) is 0. The van der Waals surface area contributed by atoms with Crippen molar-refractivity contribution in [3.8, 4) is 22.6 Å². The molecule has 0 amide bonds. The van der Waals surface area contributed by atoms with Gasteiger partial charge in [0, 0.05) is 29.6 Å². The van der Waals surface area contributed by atoms with Crippen molar-refractivity contribution < 1.29 is 29.3 Å². The Morgan fingerprint density at radius 3 is 1.79 bits per heavy atom. The number of rotatable bonds is 4. The van der Waals surface area contributed by atoms with Crippen LogP contribution in [0.3, 0.4) is 0 Å². The summed E-state index contributed by atoms with van der Waals surface area (Å²) in [6, 6.07) is 4.96. The maximum Gasteiger partial charge on any atom is 0.126 e. The molecule has 0 aromatic carbocycles. The molecule has 78 valence electrons. The van der Waals surface area contributed by atoms with Crippen molar-refractivity contribution in [2.75, 3.05) is 7.05 Å². The quantitative estimate of drug-likeness (QED) is 0.186. The third kappa shape index (κ3) is 9.47. The Morgan fingerprint density at radius 1 is 1.00 bits per heavy atom. The zero-order chi connectivity index (χ0) is 10.6. The molecule has 0 unspecified atom stereocenters. The highest BCUT2D eigenvalue weighted by atomic mass is 32.2. The van der Waals surface area contributed by atoms with Crippen molar-refractivity contribution in [1.82, 2.24) is 4.90 Å². The minimum absolute atomic E-state index is 0.580. The van der Waals surface area contributed by atoms with E-state index in [9.17, 15) is 0 Å². The van der Waals surface area contributed by atoms with Crippen molar-refractivity contribution >= 4 is 24.1 Å².